The van der Waals surface area contributed by atoms with E-state index in [0.29, 0.717) is 33.8 Å². The number of likely N-dealkylation sites (N-methyl/N-ethyl adjacent to an activating group) is 2. The molecule has 3 aliphatic rings. The highest BCUT2D eigenvalue weighted by molar-refractivity contribution is 9.10. The van der Waals surface area contributed by atoms with Gasteiger partial charge < -0.3 is 116 Å². The first-order chi connectivity index (χ1) is 58.4. The molecule has 2 saturated heterocycles. The van der Waals surface area contributed by atoms with E-state index in [9.17, 15) is 85.5 Å². The van der Waals surface area contributed by atoms with Gasteiger partial charge in [0, 0.05) is 68.6 Å². The molecule has 0 bridgehead atoms. The van der Waals surface area contributed by atoms with E-state index in [1.807, 2.05) is 0 Å². The third-order valence-corrected chi connectivity index (χ3v) is 22.1. The van der Waals surface area contributed by atoms with Gasteiger partial charge in [-0.15, -0.1) is 0 Å². The number of likely N-dealkylation sites (tertiary alicyclic amines) is 1. The highest BCUT2D eigenvalue weighted by Gasteiger charge is 2.51. The van der Waals surface area contributed by atoms with Gasteiger partial charge in [-0.3, -0.25) is 96.3 Å². The summed E-state index contributed by atoms with van der Waals surface area (Å²) < 4.78 is 43.1. The average Bonchev–Trinajstić information content (AvgIpc) is 1.61. The van der Waals surface area contributed by atoms with E-state index in [0.717, 1.165) is 32.4 Å². The molecule has 0 saturated carbocycles. The van der Waals surface area contributed by atoms with Crippen LogP contribution >= 0.6 is 15.9 Å². The van der Waals surface area contributed by atoms with Crippen molar-refractivity contribution in [1.29, 1.82) is 5.41 Å². The number of nitrogens with one attached hydrogen (secondary N) is 14. The number of cyclic esters (lactones) is 1. The third-order valence-electron chi connectivity index (χ3n) is 20.8. The van der Waals surface area contributed by atoms with Crippen molar-refractivity contribution < 1.29 is 114 Å². The van der Waals surface area contributed by atoms with E-state index in [2.05, 4.69) is 85.0 Å². The van der Waals surface area contributed by atoms with Gasteiger partial charge in [0.1, 0.15) is 96.9 Å². The lowest BCUT2D eigenvalue weighted by Crippen LogP contribution is -2.64. The number of guanidine groups is 1. The second-order valence-electron chi connectivity index (χ2n) is 32.2. The van der Waals surface area contributed by atoms with Crippen LogP contribution in [0.3, 0.4) is 0 Å². The number of hydrogen-bond donors (Lipinski definition) is 20. The standard InChI is InChI=1S/C79H111BrN20O24S/c1-39(2)59(94-69(112)55-23-17-31-100(55)74(117)50(89-63(106)40(3)86-38-101)33-44-24-26-45(80)27-25-44)70(113)97-62(78(6,7)8)72(115)91-52(35-79(120)46-20-14-15-21-47(46)93-76(79)119)66(109)87-48(22-16-30-85-77(83)84)64(107)92-53(37-125(121,122)123)67(110)96-61-42(5)124-58(105)36-98(9)73(116)51(34-57(82)104)90-71(114)60(41(4)102)95-65(108)49(32-43-18-12-11-13-19-43)88-68(111)54(28-29-56(81)103)99(10)75(61)118/h11-15,18-21,24-27,38-42,48-55,59-62,102,120H,16-17,22-23,28-37H2,1-10H3,(H2,81,103)(H2,82,104)(H,86,101)(H,87,109)(H,88,111)(H,89,106)(H,90,114)(H,91,115)(H,92,107)(H,93,119)(H,94,112)(H,95,108)(H,96,110)(H,97,113)(H4,83,84,85)(H,121,122,123)/t40-,41+,42-,48+,49+,50+,51-,52-,53-,54-,55-,59-,60-,61-,62-,79-/m1/s1. The number of carbonyl (C=O) groups excluding carboxylic acids is 18. The molecule has 0 aliphatic carbocycles. The van der Waals surface area contributed by atoms with Crippen LogP contribution in [0.25, 0.3) is 0 Å². The molecule has 0 unspecified atom stereocenters. The molecule has 17 amide bonds. The lowest BCUT2D eigenvalue weighted by Gasteiger charge is -2.35. The molecule has 0 spiro atoms. The van der Waals surface area contributed by atoms with Gasteiger partial charge in [0.25, 0.3) is 16.0 Å². The van der Waals surface area contributed by atoms with Crippen molar-refractivity contribution in [1.82, 2.24) is 78.5 Å². The minimum atomic E-state index is -5.51. The summed E-state index contributed by atoms with van der Waals surface area (Å²) in [5.41, 5.74) is 13.4. The molecule has 3 aromatic rings. The van der Waals surface area contributed by atoms with Gasteiger partial charge >= 0.3 is 5.97 Å². The molecule has 44 nitrogen and oxygen atoms in total. The fourth-order valence-corrected chi connectivity index (χ4v) is 14.9. The fraction of sp³-hybridized carbons (Fsp3) is 0.532. The Hall–Kier alpha value is -12.3. The van der Waals surface area contributed by atoms with Gasteiger partial charge in [0.15, 0.2) is 11.6 Å². The van der Waals surface area contributed by atoms with E-state index < -0.39 is 275 Å². The van der Waals surface area contributed by atoms with Crippen molar-refractivity contribution in [2.24, 2.45) is 28.5 Å². The zero-order valence-corrected chi connectivity index (χ0v) is 72.9. The molecule has 125 heavy (non-hydrogen) atoms. The molecular formula is C79H111BrN20O24S. The Bertz CT molecular complexity index is 4640. The summed E-state index contributed by atoms with van der Waals surface area (Å²) in [5.74, 6) is -23.3. The number of para-hydroxylation sites is 1. The predicted molar refractivity (Wildman–Crippen MR) is 448 cm³/mol. The van der Waals surface area contributed by atoms with E-state index in [4.69, 9.17) is 27.3 Å². The highest BCUT2D eigenvalue weighted by atomic mass is 79.9. The maximum absolute atomic E-state index is 15.4. The van der Waals surface area contributed by atoms with Crippen LogP contribution in [0.5, 0.6) is 0 Å². The molecule has 16 atom stereocenters. The molecule has 0 aromatic heterocycles. The van der Waals surface area contributed by atoms with Crippen LogP contribution in [0, 0.1) is 16.7 Å². The zero-order valence-electron chi connectivity index (χ0n) is 70.5. The van der Waals surface area contributed by atoms with Gasteiger partial charge in [-0.25, -0.2) is 0 Å². The Kier molecular flexibility index (Phi) is 36.8. The van der Waals surface area contributed by atoms with E-state index in [1.165, 1.54) is 69.0 Å². The first kappa shape index (κ1) is 102. The number of rotatable bonds is 36. The summed E-state index contributed by atoms with van der Waals surface area (Å²) in [5, 5.41) is 62.6. The largest absolute Gasteiger partial charge is 0.459 e. The van der Waals surface area contributed by atoms with Gasteiger partial charge in [-0.05, 0) is 93.5 Å². The van der Waals surface area contributed by atoms with Crippen LogP contribution in [0.4, 0.5) is 5.69 Å². The van der Waals surface area contributed by atoms with Crippen LogP contribution in [0.15, 0.2) is 83.3 Å². The number of amides is 17. The number of halogens is 1. The molecule has 6 rings (SSSR count). The molecular weight excluding hydrogens is 1720 g/mol. The molecule has 684 valence electrons. The van der Waals surface area contributed by atoms with Crippen molar-refractivity contribution in [2.75, 3.05) is 44.8 Å². The van der Waals surface area contributed by atoms with E-state index in [1.54, 1.807) is 56.3 Å². The van der Waals surface area contributed by atoms with Gasteiger partial charge in [0.2, 0.25) is 95.0 Å². The van der Waals surface area contributed by atoms with Crippen LogP contribution in [0.1, 0.15) is 123 Å². The number of aliphatic hydroxyl groups excluding tert-OH is 1. The molecule has 2 fully saturated rings. The van der Waals surface area contributed by atoms with Crippen LogP contribution < -0.4 is 86.3 Å². The summed E-state index contributed by atoms with van der Waals surface area (Å²) in [6.45, 7) is 9.70. The van der Waals surface area contributed by atoms with Gasteiger partial charge in [0.05, 0.1) is 12.5 Å². The number of primary amides is 2. The Morgan fingerprint density at radius 3 is 1.93 bits per heavy atom. The summed E-state index contributed by atoms with van der Waals surface area (Å²) >= 11 is 3.38. The minimum absolute atomic E-state index is 0.0421. The summed E-state index contributed by atoms with van der Waals surface area (Å²) in [7, 11) is -3.60. The minimum Gasteiger partial charge on any atom is -0.459 e. The van der Waals surface area contributed by atoms with Crippen LogP contribution in [-0.2, 0) is 120 Å². The summed E-state index contributed by atoms with van der Waals surface area (Å²) in [6, 6.07) is -3.27. The van der Waals surface area contributed by atoms with E-state index in [-0.39, 0.29) is 43.6 Å². The lowest BCUT2D eigenvalue weighted by molar-refractivity contribution is -0.158. The monoisotopic (exact) mass is 1830 g/mol. The Morgan fingerprint density at radius 1 is 0.720 bits per heavy atom. The predicted octanol–water partition coefficient (Wildman–Crippen LogP) is -5.96. The number of benzene rings is 3. The van der Waals surface area contributed by atoms with E-state index >= 15 is 24.0 Å². The molecule has 3 aromatic carbocycles. The fourth-order valence-electron chi connectivity index (χ4n) is 14.0. The number of hydrogen-bond acceptors (Lipinski definition) is 24. The maximum Gasteiger partial charge on any atom is 0.325 e. The molecule has 3 aliphatic heterocycles. The quantitative estimate of drug-likeness (QED) is 0.00644. The van der Waals surface area contributed by atoms with Crippen molar-refractivity contribution >= 4 is 145 Å². The zero-order chi connectivity index (χ0) is 93.4. The average molecular weight is 1840 g/mol. The van der Waals surface area contributed by atoms with Crippen molar-refractivity contribution in [3.8, 4) is 0 Å². The third kappa shape index (κ3) is 29.4. The lowest BCUT2D eigenvalue weighted by atomic mass is 9.84. The van der Waals surface area contributed by atoms with Crippen LogP contribution in [-0.4, -0.2) is 281 Å². The number of carbonyl (C=O) groups is 18. The number of ether oxygens (including phenoxy) is 1. The van der Waals surface area contributed by atoms with Crippen molar-refractivity contribution in [3.05, 3.63) is 100 Å². The Morgan fingerprint density at radius 2 is 1.33 bits per heavy atom. The molecule has 3 heterocycles. The number of fused-ring (bicyclic) bond motifs is 1. The number of esters is 1. The molecule has 46 heteroatoms. The smallest absolute Gasteiger partial charge is 0.325 e. The number of nitrogens with two attached hydrogens (primary N) is 3. The Labute approximate surface area is 728 Å². The number of nitrogens with zero attached hydrogens (tertiary/aromatic N) is 3. The SMILES string of the molecule is CC(C)[C@@H](NC(=O)[C@H]1CCCN1C(=O)[C@H](Cc1ccc(Br)cc1)NC(=O)[C@@H](C)NC=O)C(=O)N[C@H](C(=O)N[C@H](C[C@]1(O)C(=O)Nc2ccccc21)C(=O)N[C@@H](CCCNC(=N)N)C(=O)N[C@H](CS(=O)(=O)O)C(=O)N[C@H]1C(=O)N(C)[C@H](CCC(N)=O)C(=O)N[C@@H](Cc2ccccc2)C(=O)N[C@H]([C@H](C)O)C(=O)N[C@H](CC(N)=O)C(=O)N(C)CC(=O)O[C@@H]1C)C(C)(C)C. The maximum atomic E-state index is 15.4. The second kappa shape index (κ2) is 45.4. The summed E-state index contributed by atoms with van der Waals surface area (Å²) in [6.07, 6.45) is -7.81. The first-order valence-corrected chi connectivity index (χ1v) is 42.3. The number of aliphatic hydroxyl groups is 2. The Balaban J connectivity index is 1.38. The normalized spacial score (nSPS) is 21.8. The molecule has 23 N–H and O–H groups in total. The number of anilines is 1. The highest BCUT2D eigenvalue weighted by Crippen LogP contribution is 2.39. The first-order valence-electron chi connectivity index (χ1n) is 39.9. The summed E-state index contributed by atoms with van der Waals surface area (Å²) in [4.78, 5) is 258. The topological polar surface area (TPSA) is 679 Å². The van der Waals surface area contributed by atoms with Crippen molar-refractivity contribution in [2.45, 2.75) is 216 Å². The second-order valence-corrected chi connectivity index (χ2v) is 34.6. The van der Waals surface area contributed by atoms with Crippen molar-refractivity contribution in [3.63, 3.8) is 0 Å². The molecule has 0 radical (unpaired) electrons. The van der Waals surface area contributed by atoms with Gasteiger partial charge in [-0.1, -0.05) is 111 Å². The van der Waals surface area contributed by atoms with Gasteiger partial charge in [-0.2, -0.15) is 8.42 Å². The van der Waals surface area contributed by atoms with Crippen LogP contribution in [0.2, 0.25) is 0 Å².